The number of benzene rings is 1. The molecular formula is C25H32N4O4S. The first-order valence-corrected chi connectivity index (χ1v) is 12.5. The number of aliphatic imine (C=N–C) groups is 1. The van der Waals surface area contributed by atoms with Crippen molar-refractivity contribution in [1.82, 2.24) is 15.1 Å². The third kappa shape index (κ3) is 5.15. The number of ether oxygens (including phenoxy) is 2. The van der Waals surface area contributed by atoms with Gasteiger partial charge in [-0.05, 0) is 69.9 Å². The zero-order chi connectivity index (χ0) is 24.2. The summed E-state index contributed by atoms with van der Waals surface area (Å²) in [6, 6.07) is 7.38. The maximum absolute atomic E-state index is 13.0. The summed E-state index contributed by atoms with van der Waals surface area (Å²) in [6.07, 6.45) is 2.12. The van der Waals surface area contributed by atoms with Crippen molar-refractivity contribution in [1.29, 1.82) is 0 Å². The second kappa shape index (κ2) is 10.7. The molecule has 0 radical (unpaired) electrons. The number of esters is 1. The fraction of sp³-hybridized carbons (Fsp3) is 0.480. The fourth-order valence-corrected chi connectivity index (χ4v) is 5.53. The van der Waals surface area contributed by atoms with E-state index < -0.39 is 12.0 Å². The molecule has 4 rings (SSSR count). The van der Waals surface area contributed by atoms with Gasteiger partial charge in [0, 0.05) is 11.7 Å². The van der Waals surface area contributed by atoms with E-state index in [2.05, 4.69) is 17.3 Å². The molecule has 8 nitrogen and oxygen atoms in total. The van der Waals surface area contributed by atoms with Crippen LogP contribution in [0.4, 0.5) is 0 Å². The highest BCUT2D eigenvalue weighted by atomic mass is 32.2. The Hall–Kier alpha value is -2.78. The predicted molar refractivity (Wildman–Crippen MR) is 133 cm³/mol. The number of fused-ring (bicyclic) bond motifs is 1. The topological polar surface area (TPSA) is 83.5 Å². The lowest BCUT2D eigenvalue weighted by Crippen LogP contribution is -2.44. The summed E-state index contributed by atoms with van der Waals surface area (Å²) in [4.78, 5) is 35.0. The first-order valence-electron chi connectivity index (χ1n) is 11.6. The number of thioether (sulfide) groups is 1. The van der Waals surface area contributed by atoms with Gasteiger partial charge in [0.1, 0.15) is 5.75 Å². The maximum Gasteiger partial charge on any atom is 0.338 e. The Morgan fingerprint density at radius 3 is 2.74 bits per heavy atom. The number of hydrogen-bond acceptors (Lipinski definition) is 8. The van der Waals surface area contributed by atoms with Gasteiger partial charge in [-0.3, -0.25) is 4.79 Å². The minimum Gasteiger partial charge on any atom is -0.497 e. The van der Waals surface area contributed by atoms with Crippen LogP contribution in [-0.4, -0.2) is 66.7 Å². The summed E-state index contributed by atoms with van der Waals surface area (Å²) in [6.45, 7) is 5.85. The Morgan fingerprint density at radius 2 is 2.03 bits per heavy atom. The largest absolute Gasteiger partial charge is 0.497 e. The lowest BCUT2D eigenvalue weighted by molar-refractivity contribution is -0.139. The van der Waals surface area contributed by atoms with Crippen LogP contribution in [-0.2, 0) is 14.3 Å². The molecule has 1 fully saturated rings. The Labute approximate surface area is 205 Å². The van der Waals surface area contributed by atoms with E-state index in [4.69, 9.17) is 14.5 Å². The van der Waals surface area contributed by atoms with Gasteiger partial charge in [0.2, 0.25) is 5.91 Å². The first kappa shape index (κ1) is 24.3. The summed E-state index contributed by atoms with van der Waals surface area (Å²) in [5.41, 5.74) is 2.79. The van der Waals surface area contributed by atoms with Gasteiger partial charge in [-0.2, -0.15) is 0 Å². The summed E-state index contributed by atoms with van der Waals surface area (Å²) in [7, 11) is 3.72. The van der Waals surface area contributed by atoms with Crippen LogP contribution in [0.15, 0.2) is 51.6 Å². The normalized spacial score (nSPS) is 21.1. The van der Waals surface area contributed by atoms with Crippen molar-refractivity contribution in [2.24, 2.45) is 4.99 Å². The third-order valence-electron chi connectivity index (χ3n) is 6.33. The van der Waals surface area contributed by atoms with Gasteiger partial charge in [-0.15, -0.1) is 0 Å². The number of amides is 1. The molecule has 0 spiro atoms. The number of rotatable bonds is 7. The second-order valence-electron chi connectivity index (χ2n) is 8.71. The van der Waals surface area contributed by atoms with Gasteiger partial charge in [0.15, 0.2) is 5.17 Å². The highest BCUT2D eigenvalue weighted by Crippen LogP contribution is 2.45. The van der Waals surface area contributed by atoms with Gasteiger partial charge in [-0.25, -0.2) is 9.79 Å². The van der Waals surface area contributed by atoms with Crippen LogP contribution >= 0.6 is 11.8 Å². The van der Waals surface area contributed by atoms with Crippen LogP contribution in [0.3, 0.4) is 0 Å². The Kier molecular flexibility index (Phi) is 7.63. The highest BCUT2D eigenvalue weighted by molar-refractivity contribution is 8.16. The van der Waals surface area contributed by atoms with E-state index >= 15 is 0 Å². The SMILES string of the molecule is CCOC(=O)C1=C(C)N=C2SC=C(CC(=O)NC3CCN(C)CC3)N2[C@H]1c1cccc(OC)c1. The molecule has 3 aliphatic rings. The fourth-order valence-electron chi connectivity index (χ4n) is 4.56. The Balaban J connectivity index is 1.62. The summed E-state index contributed by atoms with van der Waals surface area (Å²) < 4.78 is 10.8. The van der Waals surface area contributed by atoms with Crippen LogP contribution in [0.25, 0.3) is 0 Å². The van der Waals surface area contributed by atoms with Crippen molar-refractivity contribution in [3.05, 3.63) is 52.2 Å². The molecule has 0 unspecified atom stereocenters. The van der Waals surface area contributed by atoms with Crippen LogP contribution in [0.2, 0.25) is 0 Å². The van der Waals surface area contributed by atoms with Crippen LogP contribution < -0.4 is 10.1 Å². The molecule has 1 aromatic rings. The Morgan fingerprint density at radius 1 is 1.26 bits per heavy atom. The second-order valence-corrected chi connectivity index (χ2v) is 9.55. The predicted octanol–water partition coefficient (Wildman–Crippen LogP) is 3.43. The van der Waals surface area contributed by atoms with Crippen LogP contribution in [0, 0.1) is 0 Å². The van der Waals surface area contributed by atoms with Crippen molar-refractivity contribution in [3.8, 4) is 5.75 Å². The number of carbonyl (C=O) groups is 2. The number of hydrogen-bond donors (Lipinski definition) is 1. The molecular weight excluding hydrogens is 452 g/mol. The van der Waals surface area contributed by atoms with Crippen molar-refractivity contribution in [2.45, 2.75) is 45.2 Å². The molecule has 0 bridgehead atoms. The average Bonchev–Trinajstić information content (AvgIpc) is 3.21. The molecule has 1 aromatic carbocycles. The zero-order valence-corrected chi connectivity index (χ0v) is 21.0. The van der Waals surface area contributed by atoms with E-state index in [9.17, 15) is 9.59 Å². The molecule has 0 aliphatic carbocycles. The number of piperidine rings is 1. The lowest BCUT2D eigenvalue weighted by atomic mass is 9.93. The minimum absolute atomic E-state index is 0.0176. The van der Waals surface area contributed by atoms with E-state index in [0.29, 0.717) is 17.0 Å². The van der Waals surface area contributed by atoms with E-state index in [0.717, 1.165) is 42.4 Å². The quantitative estimate of drug-likeness (QED) is 0.594. The lowest BCUT2D eigenvalue weighted by Gasteiger charge is -2.36. The van der Waals surface area contributed by atoms with Gasteiger partial charge < -0.3 is 24.6 Å². The first-order chi connectivity index (χ1) is 16.4. The monoisotopic (exact) mass is 484 g/mol. The molecule has 182 valence electrons. The molecule has 1 amide bonds. The number of allylic oxidation sites excluding steroid dienone is 1. The summed E-state index contributed by atoms with van der Waals surface area (Å²) in [5, 5.41) is 5.90. The molecule has 0 saturated carbocycles. The van der Waals surface area contributed by atoms with Gasteiger partial charge in [0.25, 0.3) is 0 Å². The van der Waals surface area contributed by atoms with Crippen molar-refractivity contribution < 1.29 is 19.1 Å². The third-order valence-corrected chi connectivity index (χ3v) is 7.22. The molecule has 1 N–H and O–H groups in total. The van der Waals surface area contributed by atoms with E-state index in [1.165, 1.54) is 11.8 Å². The van der Waals surface area contributed by atoms with E-state index in [1.807, 2.05) is 41.5 Å². The average molecular weight is 485 g/mol. The highest BCUT2D eigenvalue weighted by Gasteiger charge is 2.41. The number of amidine groups is 1. The number of methoxy groups -OCH3 is 1. The summed E-state index contributed by atoms with van der Waals surface area (Å²) in [5.74, 6) is 0.276. The molecule has 9 heteroatoms. The van der Waals surface area contributed by atoms with Gasteiger partial charge >= 0.3 is 5.97 Å². The molecule has 34 heavy (non-hydrogen) atoms. The number of nitrogens with zero attached hydrogens (tertiary/aromatic N) is 3. The van der Waals surface area contributed by atoms with E-state index in [1.54, 1.807) is 14.0 Å². The Bertz CT molecular complexity index is 1040. The summed E-state index contributed by atoms with van der Waals surface area (Å²) >= 11 is 1.47. The smallest absolute Gasteiger partial charge is 0.338 e. The molecule has 0 aromatic heterocycles. The number of likely N-dealkylation sites (tertiary alicyclic amines) is 1. The van der Waals surface area contributed by atoms with Gasteiger partial charge in [-0.1, -0.05) is 23.9 Å². The van der Waals surface area contributed by atoms with Crippen LogP contribution in [0.5, 0.6) is 5.75 Å². The molecule has 1 saturated heterocycles. The van der Waals surface area contributed by atoms with Crippen LogP contribution in [0.1, 0.15) is 44.7 Å². The zero-order valence-electron chi connectivity index (χ0n) is 20.2. The standard InChI is InChI=1S/C25H32N4O4S/c1-5-33-24(31)22-16(2)26-25-29(23(22)17-7-6-8-20(13-17)32-4)19(15-34-25)14-21(30)27-18-9-11-28(3)12-10-18/h6-8,13,15,18,23H,5,9-12,14H2,1-4H3,(H,27,30)/t23-/m0/s1. The van der Waals surface area contributed by atoms with Crippen molar-refractivity contribution >= 4 is 28.8 Å². The molecule has 3 aliphatic heterocycles. The maximum atomic E-state index is 13.0. The van der Waals surface area contributed by atoms with Gasteiger partial charge in [0.05, 0.1) is 37.4 Å². The minimum atomic E-state index is -0.459. The van der Waals surface area contributed by atoms with Crippen molar-refractivity contribution in [3.63, 3.8) is 0 Å². The van der Waals surface area contributed by atoms with Crippen molar-refractivity contribution in [2.75, 3.05) is 33.9 Å². The number of carbonyl (C=O) groups excluding carboxylic acids is 2. The molecule has 1 atom stereocenters. The molecule has 3 heterocycles. The number of nitrogens with one attached hydrogen (secondary N) is 1. The van der Waals surface area contributed by atoms with E-state index in [-0.39, 0.29) is 25.0 Å².